The van der Waals surface area contributed by atoms with Crippen molar-refractivity contribution in [2.24, 2.45) is 7.05 Å². The predicted octanol–water partition coefficient (Wildman–Crippen LogP) is 6.55. The number of aromatic nitrogens is 5. The minimum absolute atomic E-state index is 0.264. The minimum Gasteiger partial charge on any atom is -0.351 e. The van der Waals surface area contributed by atoms with Crippen LogP contribution in [0.15, 0.2) is 73.2 Å². The molecule has 1 N–H and O–H groups in total. The number of fused-ring (bicyclic) bond motifs is 1. The SMILES string of the molecule is CC(C)c1ccccc1-c1cc2nccn2c(NCc2ccc(-c3nc(C(F)(F)F)cn3C)cc2)n1. The van der Waals surface area contributed by atoms with Crippen molar-refractivity contribution in [2.45, 2.75) is 32.5 Å². The van der Waals surface area contributed by atoms with Crippen LogP contribution in [-0.2, 0) is 19.8 Å². The first-order chi connectivity index (χ1) is 17.2. The van der Waals surface area contributed by atoms with Gasteiger partial charge in [0.1, 0.15) is 11.5 Å². The van der Waals surface area contributed by atoms with Crippen molar-refractivity contribution in [3.05, 3.63) is 90.0 Å². The Hall–Kier alpha value is -4.14. The normalized spacial score (nSPS) is 12.0. The number of nitrogens with zero attached hydrogens (tertiary/aromatic N) is 5. The number of halogens is 3. The molecule has 2 aromatic carbocycles. The summed E-state index contributed by atoms with van der Waals surface area (Å²) in [6.07, 6.45) is 0.107. The zero-order valence-corrected chi connectivity index (χ0v) is 20.1. The molecule has 3 aromatic heterocycles. The lowest BCUT2D eigenvalue weighted by molar-refractivity contribution is -0.140. The van der Waals surface area contributed by atoms with E-state index >= 15 is 0 Å². The Balaban J connectivity index is 1.40. The molecule has 0 bridgehead atoms. The molecule has 9 heteroatoms. The van der Waals surface area contributed by atoms with E-state index in [1.54, 1.807) is 25.4 Å². The van der Waals surface area contributed by atoms with Gasteiger partial charge in [0.05, 0.1) is 5.69 Å². The summed E-state index contributed by atoms with van der Waals surface area (Å²) in [6.45, 7) is 4.79. The summed E-state index contributed by atoms with van der Waals surface area (Å²) in [6, 6.07) is 17.5. The number of benzene rings is 2. The van der Waals surface area contributed by atoms with Crippen LogP contribution >= 0.6 is 0 Å². The van der Waals surface area contributed by atoms with Crippen molar-refractivity contribution < 1.29 is 13.2 Å². The van der Waals surface area contributed by atoms with Crippen LogP contribution in [0.5, 0.6) is 0 Å². The highest BCUT2D eigenvalue weighted by molar-refractivity contribution is 5.69. The van der Waals surface area contributed by atoms with E-state index in [-0.39, 0.29) is 5.82 Å². The first-order valence-electron chi connectivity index (χ1n) is 11.6. The third-order valence-electron chi connectivity index (χ3n) is 6.08. The topological polar surface area (TPSA) is 60.0 Å². The van der Waals surface area contributed by atoms with E-state index in [0.717, 1.165) is 28.7 Å². The van der Waals surface area contributed by atoms with Gasteiger partial charge in [-0.05, 0) is 17.0 Å². The molecule has 5 rings (SSSR count). The fraction of sp³-hybridized carbons (Fsp3) is 0.222. The summed E-state index contributed by atoms with van der Waals surface area (Å²) in [4.78, 5) is 13.1. The summed E-state index contributed by atoms with van der Waals surface area (Å²) in [7, 11) is 1.56. The van der Waals surface area contributed by atoms with Gasteiger partial charge in [0.15, 0.2) is 5.69 Å². The molecule has 0 unspecified atom stereocenters. The fourth-order valence-corrected chi connectivity index (χ4v) is 4.24. The molecule has 0 spiro atoms. The highest BCUT2D eigenvalue weighted by Gasteiger charge is 2.34. The average molecular weight is 491 g/mol. The van der Waals surface area contributed by atoms with Gasteiger partial charge in [-0.3, -0.25) is 4.40 Å². The van der Waals surface area contributed by atoms with E-state index in [0.29, 0.717) is 24.0 Å². The number of nitrogens with one attached hydrogen (secondary N) is 1. The number of imidazole rings is 2. The molecular formula is C27H25F3N6. The van der Waals surface area contributed by atoms with E-state index in [1.807, 2.05) is 40.9 Å². The Kier molecular flexibility index (Phi) is 5.99. The quantitative estimate of drug-likeness (QED) is 0.293. The number of aryl methyl sites for hydroxylation is 1. The van der Waals surface area contributed by atoms with Crippen molar-refractivity contribution in [3.63, 3.8) is 0 Å². The zero-order valence-electron chi connectivity index (χ0n) is 20.1. The van der Waals surface area contributed by atoms with Gasteiger partial charge < -0.3 is 9.88 Å². The van der Waals surface area contributed by atoms with Crippen LogP contribution < -0.4 is 5.32 Å². The van der Waals surface area contributed by atoms with Crippen molar-refractivity contribution in [1.29, 1.82) is 0 Å². The number of rotatable bonds is 6. The molecule has 0 amide bonds. The zero-order chi connectivity index (χ0) is 25.4. The lowest BCUT2D eigenvalue weighted by Gasteiger charge is -2.15. The van der Waals surface area contributed by atoms with Gasteiger partial charge in [-0.1, -0.05) is 62.4 Å². The first kappa shape index (κ1) is 23.6. The van der Waals surface area contributed by atoms with E-state index in [2.05, 4.69) is 41.3 Å². The monoisotopic (exact) mass is 490 g/mol. The largest absolute Gasteiger partial charge is 0.434 e. The van der Waals surface area contributed by atoms with Crippen LogP contribution in [0.25, 0.3) is 28.3 Å². The molecule has 0 saturated carbocycles. The van der Waals surface area contributed by atoms with Crippen LogP contribution in [0.3, 0.4) is 0 Å². The number of alkyl halides is 3. The Morgan fingerprint density at radius 2 is 1.75 bits per heavy atom. The standard InChI is InChI=1S/C27H25F3N6/c1-17(2)20-6-4-5-7-21(20)22-14-24-31-12-13-36(24)26(33-22)32-15-18-8-10-19(11-9-18)25-34-23(16-35(25)3)27(28,29)30/h4-14,16-17H,15H2,1-3H3,(H,32,33). The fourth-order valence-electron chi connectivity index (χ4n) is 4.24. The van der Waals surface area contributed by atoms with Crippen molar-refractivity contribution in [1.82, 2.24) is 23.9 Å². The predicted molar refractivity (Wildman–Crippen MR) is 133 cm³/mol. The molecule has 0 aliphatic heterocycles. The second-order valence-electron chi connectivity index (χ2n) is 8.97. The second-order valence-corrected chi connectivity index (χ2v) is 8.97. The minimum atomic E-state index is -4.48. The molecule has 6 nitrogen and oxygen atoms in total. The van der Waals surface area contributed by atoms with Crippen LogP contribution in [-0.4, -0.2) is 23.9 Å². The van der Waals surface area contributed by atoms with E-state index in [1.165, 1.54) is 10.1 Å². The molecule has 36 heavy (non-hydrogen) atoms. The summed E-state index contributed by atoms with van der Waals surface area (Å²) >= 11 is 0. The van der Waals surface area contributed by atoms with Crippen LogP contribution in [0.1, 0.15) is 36.6 Å². The van der Waals surface area contributed by atoms with Gasteiger partial charge in [-0.25, -0.2) is 15.0 Å². The van der Waals surface area contributed by atoms with Gasteiger partial charge in [0, 0.05) is 49.4 Å². The third-order valence-corrected chi connectivity index (χ3v) is 6.08. The van der Waals surface area contributed by atoms with Gasteiger partial charge in [-0.2, -0.15) is 13.2 Å². The van der Waals surface area contributed by atoms with Gasteiger partial charge in [-0.15, -0.1) is 0 Å². The van der Waals surface area contributed by atoms with Crippen molar-refractivity contribution >= 4 is 11.6 Å². The molecule has 0 atom stereocenters. The highest BCUT2D eigenvalue weighted by atomic mass is 19.4. The van der Waals surface area contributed by atoms with Crippen LogP contribution in [0.4, 0.5) is 19.1 Å². The Morgan fingerprint density at radius 1 is 1.00 bits per heavy atom. The first-order valence-corrected chi connectivity index (χ1v) is 11.6. The number of hydrogen-bond acceptors (Lipinski definition) is 4. The summed E-state index contributed by atoms with van der Waals surface area (Å²) < 4.78 is 42.3. The number of anilines is 1. The molecule has 0 aliphatic carbocycles. The summed E-state index contributed by atoms with van der Waals surface area (Å²) in [5.41, 5.74) is 4.56. The maximum absolute atomic E-state index is 13.0. The molecule has 0 radical (unpaired) electrons. The maximum Gasteiger partial charge on any atom is 0.434 e. The van der Waals surface area contributed by atoms with E-state index in [9.17, 15) is 13.2 Å². The van der Waals surface area contributed by atoms with E-state index in [4.69, 9.17) is 4.98 Å². The lowest BCUT2D eigenvalue weighted by atomic mass is 9.95. The Bertz CT molecular complexity index is 1510. The van der Waals surface area contributed by atoms with Gasteiger partial charge in [0.25, 0.3) is 0 Å². The molecule has 184 valence electrons. The van der Waals surface area contributed by atoms with E-state index < -0.39 is 11.9 Å². The molecule has 3 heterocycles. The molecular weight excluding hydrogens is 465 g/mol. The number of hydrogen-bond donors (Lipinski definition) is 1. The summed E-state index contributed by atoms with van der Waals surface area (Å²) in [5, 5.41) is 3.39. The molecule has 0 fully saturated rings. The molecule has 5 aromatic rings. The summed E-state index contributed by atoms with van der Waals surface area (Å²) in [5.74, 6) is 1.27. The lowest BCUT2D eigenvalue weighted by Crippen LogP contribution is -2.07. The van der Waals surface area contributed by atoms with Crippen LogP contribution in [0, 0.1) is 0 Å². The Morgan fingerprint density at radius 3 is 2.44 bits per heavy atom. The smallest absolute Gasteiger partial charge is 0.351 e. The van der Waals surface area contributed by atoms with Gasteiger partial charge >= 0.3 is 6.18 Å². The average Bonchev–Trinajstić information content (AvgIpc) is 3.49. The van der Waals surface area contributed by atoms with Gasteiger partial charge in [0.2, 0.25) is 5.95 Å². The van der Waals surface area contributed by atoms with Crippen molar-refractivity contribution in [3.8, 4) is 22.6 Å². The van der Waals surface area contributed by atoms with Crippen molar-refractivity contribution in [2.75, 3.05) is 5.32 Å². The molecule has 0 saturated heterocycles. The third kappa shape index (κ3) is 4.56. The molecule has 0 aliphatic rings. The second kappa shape index (κ2) is 9.14. The highest BCUT2D eigenvalue weighted by Crippen LogP contribution is 2.31. The Labute approximate surface area is 206 Å². The van der Waals surface area contributed by atoms with Crippen LogP contribution in [0.2, 0.25) is 0 Å². The maximum atomic E-state index is 13.0.